The Morgan fingerprint density at radius 3 is 2.84 bits per heavy atom. The molecule has 2 N–H and O–H groups in total. The van der Waals surface area contributed by atoms with Crippen molar-refractivity contribution in [1.82, 2.24) is 20.4 Å². The molecule has 0 aromatic carbocycles. The molecule has 0 unspecified atom stereocenters. The summed E-state index contributed by atoms with van der Waals surface area (Å²) in [5.74, 6) is 0.203. The van der Waals surface area contributed by atoms with Crippen LogP contribution in [0.5, 0.6) is 0 Å². The van der Waals surface area contributed by atoms with Crippen molar-refractivity contribution in [1.29, 1.82) is 0 Å². The fraction of sp³-hybridized carbons (Fsp3) is 0.714. The van der Waals surface area contributed by atoms with Gasteiger partial charge >= 0.3 is 0 Å². The molecular weight excluding hydrogens is 240 g/mol. The number of aromatic nitrogens is 2. The lowest BCUT2D eigenvalue weighted by molar-refractivity contribution is -0.129. The molecule has 2 rings (SSSR count). The van der Waals surface area contributed by atoms with Gasteiger partial charge in [0.25, 0.3) is 0 Å². The maximum absolute atomic E-state index is 11.2. The Balaban J connectivity index is 1.60. The highest BCUT2D eigenvalue weighted by Gasteiger charge is 2.19. The Morgan fingerprint density at radius 2 is 2.26 bits per heavy atom. The van der Waals surface area contributed by atoms with Gasteiger partial charge in [0.15, 0.2) is 0 Å². The maximum Gasteiger partial charge on any atom is 0.219 e. The largest absolute Gasteiger partial charge is 0.343 e. The number of rotatable bonds is 5. The third kappa shape index (κ3) is 4.06. The highest BCUT2D eigenvalue weighted by molar-refractivity contribution is 5.73. The van der Waals surface area contributed by atoms with Crippen LogP contribution in [0.15, 0.2) is 6.20 Å². The average molecular weight is 264 g/mol. The summed E-state index contributed by atoms with van der Waals surface area (Å²) in [6.45, 7) is 6.55. The molecule has 1 aliphatic heterocycles. The van der Waals surface area contributed by atoms with E-state index in [4.69, 9.17) is 0 Å². The van der Waals surface area contributed by atoms with Gasteiger partial charge in [-0.2, -0.15) is 5.10 Å². The van der Waals surface area contributed by atoms with E-state index in [1.165, 1.54) is 11.3 Å². The quantitative estimate of drug-likeness (QED) is 0.787. The van der Waals surface area contributed by atoms with Gasteiger partial charge in [0, 0.05) is 31.7 Å². The zero-order valence-corrected chi connectivity index (χ0v) is 11.9. The zero-order chi connectivity index (χ0) is 13.7. The summed E-state index contributed by atoms with van der Waals surface area (Å²) in [7, 11) is 0. The van der Waals surface area contributed by atoms with E-state index in [0.29, 0.717) is 6.04 Å². The Kier molecular flexibility index (Phi) is 4.96. The van der Waals surface area contributed by atoms with Crippen LogP contribution >= 0.6 is 0 Å². The predicted molar refractivity (Wildman–Crippen MR) is 74.9 cm³/mol. The number of amides is 1. The highest BCUT2D eigenvalue weighted by atomic mass is 16.2. The predicted octanol–water partition coefficient (Wildman–Crippen LogP) is 1.25. The molecule has 0 aliphatic carbocycles. The minimum atomic E-state index is 0.203. The van der Waals surface area contributed by atoms with E-state index in [-0.39, 0.29) is 5.91 Å². The van der Waals surface area contributed by atoms with Crippen molar-refractivity contribution in [2.75, 3.05) is 19.6 Å². The van der Waals surface area contributed by atoms with Gasteiger partial charge in [0.2, 0.25) is 5.91 Å². The number of piperidine rings is 1. The van der Waals surface area contributed by atoms with Crippen LogP contribution in [-0.4, -0.2) is 46.7 Å². The monoisotopic (exact) mass is 264 g/mol. The molecule has 1 aromatic heterocycles. The van der Waals surface area contributed by atoms with E-state index >= 15 is 0 Å². The van der Waals surface area contributed by atoms with E-state index in [1.54, 1.807) is 6.92 Å². The number of hydrogen-bond donors (Lipinski definition) is 2. The Hall–Kier alpha value is -1.36. The van der Waals surface area contributed by atoms with Gasteiger partial charge in [-0.25, -0.2) is 0 Å². The number of carbonyl (C=O) groups excluding carboxylic acids is 1. The van der Waals surface area contributed by atoms with Gasteiger partial charge in [-0.15, -0.1) is 0 Å². The van der Waals surface area contributed by atoms with Gasteiger partial charge in [0.1, 0.15) is 0 Å². The van der Waals surface area contributed by atoms with Crippen molar-refractivity contribution in [2.24, 2.45) is 0 Å². The number of likely N-dealkylation sites (tertiary alicyclic amines) is 1. The van der Waals surface area contributed by atoms with E-state index in [9.17, 15) is 4.79 Å². The van der Waals surface area contributed by atoms with Crippen LogP contribution in [0, 0.1) is 6.92 Å². The first kappa shape index (κ1) is 14.1. The van der Waals surface area contributed by atoms with Crippen LogP contribution in [0.1, 0.15) is 37.4 Å². The smallest absolute Gasteiger partial charge is 0.219 e. The number of nitrogens with one attached hydrogen (secondary N) is 2. The number of hydrogen-bond acceptors (Lipinski definition) is 3. The minimum Gasteiger partial charge on any atom is -0.343 e. The van der Waals surface area contributed by atoms with Gasteiger partial charge in [-0.1, -0.05) is 0 Å². The number of nitrogens with zero attached hydrogens (tertiary/aromatic N) is 2. The van der Waals surface area contributed by atoms with Crippen LogP contribution in [0.3, 0.4) is 0 Å². The lowest BCUT2D eigenvalue weighted by Crippen LogP contribution is -2.44. The fourth-order valence-electron chi connectivity index (χ4n) is 2.61. The van der Waals surface area contributed by atoms with Crippen molar-refractivity contribution in [2.45, 2.75) is 45.6 Å². The Morgan fingerprint density at radius 1 is 1.53 bits per heavy atom. The lowest BCUT2D eigenvalue weighted by Gasteiger charge is -2.31. The summed E-state index contributed by atoms with van der Waals surface area (Å²) < 4.78 is 0. The second-order valence-corrected chi connectivity index (χ2v) is 5.36. The lowest BCUT2D eigenvalue weighted by atomic mass is 10.0. The molecule has 2 heterocycles. The molecule has 0 radical (unpaired) electrons. The number of carbonyl (C=O) groups is 1. The first-order chi connectivity index (χ1) is 9.16. The molecule has 106 valence electrons. The molecule has 0 atom stereocenters. The Bertz CT molecular complexity index is 407. The summed E-state index contributed by atoms with van der Waals surface area (Å²) in [4.78, 5) is 13.2. The van der Waals surface area contributed by atoms with Gasteiger partial charge in [-0.3, -0.25) is 9.89 Å². The van der Waals surface area contributed by atoms with E-state index in [1.807, 2.05) is 11.1 Å². The molecule has 0 spiro atoms. The summed E-state index contributed by atoms with van der Waals surface area (Å²) >= 11 is 0. The highest BCUT2D eigenvalue weighted by Crippen LogP contribution is 2.11. The topological polar surface area (TPSA) is 61.0 Å². The van der Waals surface area contributed by atoms with Gasteiger partial charge < -0.3 is 10.2 Å². The maximum atomic E-state index is 11.2. The first-order valence-electron chi connectivity index (χ1n) is 7.14. The van der Waals surface area contributed by atoms with Crippen molar-refractivity contribution in [3.8, 4) is 0 Å². The molecule has 0 saturated carbocycles. The molecule has 1 aliphatic rings. The van der Waals surface area contributed by atoms with Crippen LogP contribution in [0.2, 0.25) is 0 Å². The number of H-pyrrole nitrogens is 1. The number of aromatic amines is 1. The van der Waals surface area contributed by atoms with Gasteiger partial charge in [0.05, 0.1) is 6.20 Å². The van der Waals surface area contributed by atoms with Crippen LogP contribution in [-0.2, 0) is 11.2 Å². The molecule has 1 fully saturated rings. The molecule has 1 aromatic rings. The fourth-order valence-corrected chi connectivity index (χ4v) is 2.61. The minimum absolute atomic E-state index is 0.203. The molecular formula is C14H24N4O. The molecule has 1 saturated heterocycles. The van der Waals surface area contributed by atoms with E-state index in [2.05, 4.69) is 22.4 Å². The third-order valence-corrected chi connectivity index (χ3v) is 3.93. The normalized spacial score (nSPS) is 16.8. The molecule has 0 bridgehead atoms. The number of aryl methyl sites for hydroxylation is 2. The molecule has 1 amide bonds. The second kappa shape index (κ2) is 6.70. The average Bonchev–Trinajstić information content (AvgIpc) is 2.81. The summed E-state index contributed by atoms with van der Waals surface area (Å²) in [6, 6.07) is 0.570. The van der Waals surface area contributed by atoms with Crippen molar-refractivity contribution >= 4 is 5.91 Å². The first-order valence-corrected chi connectivity index (χ1v) is 7.14. The molecule has 19 heavy (non-hydrogen) atoms. The van der Waals surface area contributed by atoms with Crippen molar-refractivity contribution in [3.63, 3.8) is 0 Å². The van der Waals surface area contributed by atoms with E-state index in [0.717, 1.165) is 45.3 Å². The second-order valence-electron chi connectivity index (χ2n) is 5.36. The van der Waals surface area contributed by atoms with E-state index < -0.39 is 0 Å². The van der Waals surface area contributed by atoms with Crippen molar-refractivity contribution in [3.05, 3.63) is 17.5 Å². The SMILES string of the molecule is CC(=O)N1CCC(NCCCc2cn[nH]c2C)CC1. The third-order valence-electron chi connectivity index (χ3n) is 3.93. The van der Waals surface area contributed by atoms with Crippen LogP contribution in [0.25, 0.3) is 0 Å². The Labute approximate surface area is 114 Å². The van der Waals surface area contributed by atoms with Crippen molar-refractivity contribution < 1.29 is 4.79 Å². The standard InChI is InChI=1S/C14H24N4O/c1-11-13(10-16-17-11)4-3-7-15-14-5-8-18(9-6-14)12(2)19/h10,14-15H,3-9H2,1-2H3,(H,16,17). The zero-order valence-electron chi connectivity index (χ0n) is 11.9. The summed E-state index contributed by atoms with van der Waals surface area (Å²) in [5, 5.41) is 10.6. The van der Waals surface area contributed by atoms with Gasteiger partial charge in [-0.05, 0) is 44.7 Å². The molecule has 5 heteroatoms. The van der Waals surface area contributed by atoms with Crippen LogP contribution < -0.4 is 5.32 Å². The molecule has 5 nitrogen and oxygen atoms in total. The summed E-state index contributed by atoms with van der Waals surface area (Å²) in [5.41, 5.74) is 2.49. The van der Waals surface area contributed by atoms with Crippen LogP contribution in [0.4, 0.5) is 0 Å². The summed E-state index contributed by atoms with van der Waals surface area (Å²) in [6.07, 6.45) is 6.27.